The SMILES string of the molecule is Cc1nnc2onc(N)c2n1. The summed E-state index contributed by atoms with van der Waals surface area (Å²) in [6.45, 7) is 1.72. The third-order valence-electron chi connectivity index (χ3n) is 1.23. The molecule has 0 unspecified atom stereocenters. The van der Waals surface area contributed by atoms with Gasteiger partial charge in [0.2, 0.25) is 0 Å². The largest absolute Gasteiger partial charge is 0.379 e. The van der Waals surface area contributed by atoms with Gasteiger partial charge < -0.3 is 10.3 Å². The van der Waals surface area contributed by atoms with Crippen LogP contribution < -0.4 is 5.73 Å². The molecule has 0 saturated heterocycles. The molecule has 2 N–H and O–H groups in total. The molecule has 0 aliphatic carbocycles. The Labute approximate surface area is 61.4 Å². The Hall–Kier alpha value is -1.72. The zero-order chi connectivity index (χ0) is 7.84. The first-order valence-electron chi connectivity index (χ1n) is 2.99. The molecule has 0 bridgehead atoms. The maximum absolute atomic E-state index is 5.41. The van der Waals surface area contributed by atoms with Gasteiger partial charge in [-0.1, -0.05) is 5.16 Å². The molecule has 2 heterocycles. The quantitative estimate of drug-likeness (QED) is 0.565. The Morgan fingerprint density at radius 2 is 2.18 bits per heavy atom. The maximum atomic E-state index is 5.41. The minimum atomic E-state index is 0.248. The second-order valence-corrected chi connectivity index (χ2v) is 2.08. The van der Waals surface area contributed by atoms with E-state index in [1.807, 2.05) is 0 Å². The molecule has 6 heteroatoms. The molecule has 2 aromatic heterocycles. The highest BCUT2D eigenvalue weighted by Gasteiger charge is 2.07. The first-order valence-corrected chi connectivity index (χ1v) is 2.99. The molecule has 0 saturated carbocycles. The van der Waals surface area contributed by atoms with Crippen LogP contribution in [-0.4, -0.2) is 20.3 Å². The fourth-order valence-electron chi connectivity index (χ4n) is 0.761. The number of fused-ring (bicyclic) bond motifs is 1. The average molecular weight is 151 g/mol. The summed E-state index contributed by atoms with van der Waals surface area (Å²) in [5, 5.41) is 10.8. The predicted molar refractivity (Wildman–Crippen MR) is 36.5 cm³/mol. The highest BCUT2D eigenvalue weighted by Crippen LogP contribution is 2.13. The van der Waals surface area contributed by atoms with Crippen molar-refractivity contribution >= 4 is 17.0 Å². The van der Waals surface area contributed by atoms with E-state index in [2.05, 4.69) is 20.3 Å². The van der Waals surface area contributed by atoms with Gasteiger partial charge in [0.15, 0.2) is 11.3 Å². The van der Waals surface area contributed by atoms with Gasteiger partial charge in [-0.05, 0) is 6.92 Å². The molecular formula is C5H5N5O. The number of hydrogen-bond donors (Lipinski definition) is 1. The Morgan fingerprint density at radius 1 is 1.36 bits per heavy atom. The van der Waals surface area contributed by atoms with Gasteiger partial charge in [-0.2, -0.15) is 0 Å². The zero-order valence-corrected chi connectivity index (χ0v) is 5.77. The molecule has 0 spiro atoms. The number of aryl methyl sites for hydroxylation is 1. The molecule has 0 aliphatic rings. The van der Waals surface area contributed by atoms with Crippen molar-refractivity contribution in [2.24, 2.45) is 0 Å². The molecule has 0 fully saturated rings. The Bertz CT molecular complexity index is 395. The van der Waals surface area contributed by atoms with Crippen LogP contribution in [0.15, 0.2) is 4.52 Å². The highest BCUT2D eigenvalue weighted by molar-refractivity contribution is 5.78. The van der Waals surface area contributed by atoms with Crippen molar-refractivity contribution in [1.29, 1.82) is 0 Å². The van der Waals surface area contributed by atoms with Crippen LogP contribution in [0.3, 0.4) is 0 Å². The van der Waals surface area contributed by atoms with Crippen molar-refractivity contribution in [2.75, 3.05) is 5.73 Å². The number of nitrogens with two attached hydrogens (primary N) is 1. The fourth-order valence-corrected chi connectivity index (χ4v) is 0.761. The number of aromatic nitrogens is 4. The molecule has 2 rings (SSSR count). The van der Waals surface area contributed by atoms with Crippen LogP contribution in [0, 0.1) is 6.92 Å². The number of anilines is 1. The van der Waals surface area contributed by atoms with E-state index in [1.54, 1.807) is 6.92 Å². The molecule has 6 nitrogen and oxygen atoms in total. The molecule has 11 heavy (non-hydrogen) atoms. The van der Waals surface area contributed by atoms with E-state index in [0.29, 0.717) is 11.3 Å². The normalized spacial score (nSPS) is 10.6. The van der Waals surface area contributed by atoms with Gasteiger partial charge in [0.25, 0.3) is 5.71 Å². The Kier molecular flexibility index (Phi) is 1.03. The monoisotopic (exact) mass is 151 g/mol. The first kappa shape index (κ1) is 6.02. The lowest BCUT2D eigenvalue weighted by molar-refractivity contribution is 0.449. The third kappa shape index (κ3) is 0.794. The van der Waals surface area contributed by atoms with Crippen LogP contribution in [0.4, 0.5) is 5.82 Å². The van der Waals surface area contributed by atoms with Crippen LogP contribution in [0.5, 0.6) is 0 Å². The lowest BCUT2D eigenvalue weighted by Gasteiger charge is -1.86. The standard InChI is InChI=1S/C5H5N5O/c1-2-7-3-4(6)10-11-5(3)9-8-2/h1H3,(H2,6,10). The van der Waals surface area contributed by atoms with Crippen molar-refractivity contribution in [2.45, 2.75) is 6.92 Å². The molecule has 0 radical (unpaired) electrons. The number of nitrogen functional groups attached to an aromatic ring is 1. The van der Waals surface area contributed by atoms with Crippen LogP contribution in [-0.2, 0) is 0 Å². The Balaban J connectivity index is 2.87. The van der Waals surface area contributed by atoms with E-state index in [9.17, 15) is 0 Å². The van der Waals surface area contributed by atoms with E-state index in [4.69, 9.17) is 10.3 Å². The summed E-state index contributed by atoms with van der Waals surface area (Å²) < 4.78 is 4.69. The van der Waals surface area contributed by atoms with Gasteiger partial charge in [0, 0.05) is 0 Å². The van der Waals surface area contributed by atoms with Crippen molar-refractivity contribution in [1.82, 2.24) is 20.3 Å². The summed E-state index contributed by atoms with van der Waals surface area (Å²) in [6, 6.07) is 0. The van der Waals surface area contributed by atoms with Crippen molar-refractivity contribution in [3.63, 3.8) is 0 Å². The van der Waals surface area contributed by atoms with E-state index >= 15 is 0 Å². The van der Waals surface area contributed by atoms with E-state index in [1.165, 1.54) is 0 Å². The average Bonchev–Trinajstić information content (AvgIpc) is 2.33. The second kappa shape index (κ2) is 1.88. The molecule has 0 atom stereocenters. The number of rotatable bonds is 0. The lowest BCUT2D eigenvalue weighted by atomic mass is 10.5. The van der Waals surface area contributed by atoms with E-state index in [-0.39, 0.29) is 11.5 Å². The van der Waals surface area contributed by atoms with Crippen LogP contribution in [0.2, 0.25) is 0 Å². The van der Waals surface area contributed by atoms with Crippen molar-refractivity contribution in [3.05, 3.63) is 5.82 Å². The fraction of sp³-hybridized carbons (Fsp3) is 0.200. The van der Waals surface area contributed by atoms with Gasteiger partial charge in [0.05, 0.1) is 0 Å². The predicted octanol–water partition coefficient (Wildman–Crippen LogP) is -0.0966. The van der Waals surface area contributed by atoms with Crippen LogP contribution >= 0.6 is 0 Å². The smallest absolute Gasteiger partial charge is 0.297 e. The van der Waals surface area contributed by atoms with Gasteiger partial charge in [0.1, 0.15) is 5.82 Å². The summed E-state index contributed by atoms with van der Waals surface area (Å²) in [4.78, 5) is 3.98. The number of nitrogens with zero attached hydrogens (tertiary/aromatic N) is 4. The third-order valence-corrected chi connectivity index (χ3v) is 1.23. The van der Waals surface area contributed by atoms with Gasteiger partial charge >= 0.3 is 0 Å². The molecular weight excluding hydrogens is 146 g/mol. The van der Waals surface area contributed by atoms with Crippen LogP contribution in [0.1, 0.15) is 5.82 Å². The van der Waals surface area contributed by atoms with Crippen LogP contribution in [0.25, 0.3) is 11.2 Å². The molecule has 56 valence electrons. The lowest BCUT2D eigenvalue weighted by Crippen LogP contribution is -1.92. The molecule has 0 aliphatic heterocycles. The summed E-state index contributed by atoms with van der Waals surface area (Å²) in [6.07, 6.45) is 0. The van der Waals surface area contributed by atoms with E-state index < -0.39 is 0 Å². The van der Waals surface area contributed by atoms with Gasteiger partial charge in [-0.25, -0.2) is 4.98 Å². The maximum Gasteiger partial charge on any atom is 0.297 e. The number of hydrogen-bond acceptors (Lipinski definition) is 6. The zero-order valence-electron chi connectivity index (χ0n) is 5.77. The summed E-state index contributed by atoms with van der Waals surface area (Å²) in [5.74, 6) is 0.797. The highest BCUT2D eigenvalue weighted by atomic mass is 16.5. The molecule has 2 aromatic rings. The minimum absolute atomic E-state index is 0.248. The molecule has 0 amide bonds. The minimum Gasteiger partial charge on any atom is -0.379 e. The summed E-state index contributed by atoms with van der Waals surface area (Å²) >= 11 is 0. The second-order valence-electron chi connectivity index (χ2n) is 2.08. The van der Waals surface area contributed by atoms with E-state index in [0.717, 1.165) is 0 Å². The van der Waals surface area contributed by atoms with Crippen molar-refractivity contribution < 1.29 is 4.52 Å². The molecule has 0 aromatic carbocycles. The topological polar surface area (TPSA) is 90.7 Å². The first-order chi connectivity index (χ1) is 5.27. The van der Waals surface area contributed by atoms with Gasteiger partial charge in [-0.15, -0.1) is 10.2 Å². The Morgan fingerprint density at radius 3 is 3.00 bits per heavy atom. The van der Waals surface area contributed by atoms with Crippen molar-refractivity contribution in [3.8, 4) is 0 Å². The van der Waals surface area contributed by atoms with Gasteiger partial charge in [-0.3, -0.25) is 0 Å². The summed E-state index contributed by atoms with van der Waals surface area (Å²) in [5.41, 5.74) is 6.15. The summed E-state index contributed by atoms with van der Waals surface area (Å²) in [7, 11) is 0.